The first-order valence-corrected chi connectivity index (χ1v) is 10.6. The number of ether oxygens (including phenoxy) is 1. The summed E-state index contributed by atoms with van der Waals surface area (Å²) < 4.78 is 32.0. The van der Waals surface area contributed by atoms with E-state index in [1.54, 1.807) is 0 Å². The van der Waals surface area contributed by atoms with Crippen molar-refractivity contribution in [2.45, 2.75) is 68.9 Å². The van der Waals surface area contributed by atoms with Crippen LogP contribution in [0, 0.1) is 5.92 Å². The maximum absolute atomic E-state index is 13.3. The summed E-state index contributed by atoms with van der Waals surface area (Å²) in [5, 5.41) is 6.61. The summed E-state index contributed by atoms with van der Waals surface area (Å²) in [6.07, 6.45) is 3.78. The van der Waals surface area contributed by atoms with Crippen molar-refractivity contribution in [3.05, 3.63) is 35.4 Å². The topological polar surface area (TPSA) is 50.4 Å². The zero-order chi connectivity index (χ0) is 19.6. The third kappa shape index (κ3) is 5.09. The molecule has 0 spiro atoms. The van der Waals surface area contributed by atoms with Gasteiger partial charge in [-0.15, -0.1) is 0 Å². The minimum atomic E-state index is -2.57. The van der Waals surface area contributed by atoms with E-state index >= 15 is 0 Å². The molecule has 4 rings (SSSR count). The van der Waals surface area contributed by atoms with Crippen LogP contribution in [0.25, 0.3) is 0 Å². The Morgan fingerprint density at radius 2 is 1.89 bits per heavy atom. The van der Waals surface area contributed by atoms with E-state index in [1.807, 2.05) is 18.2 Å². The van der Waals surface area contributed by atoms with Gasteiger partial charge in [0, 0.05) is 49.6 Å². The highest BCUT2D eigenvalue weighted by Crippen LogP contribution is 2.41. The number of halogens is 2. The number of benzene rings is 1. The van der Waals surface area contributed by atoms with Crippen LogP contribution in [0.3, 0.4) is 0 Å². The van der Waals surface area contributed by atoms with E-state index < -0.39 is 5.92 Å². The fourth-order valence-electron chi connectivity index (χ4n) is 4.42. The standard InChI is InChI=1S/C22H30F2N2O2/c23-22(24)8-4-18(5-9-22)26-21(27)17-3-1-2-16(12-17)19-13-20(19)25-14-15-6-10-28-11-7-15/h1-3,12,15,18-20,25H,4-11,13-14H2,(H,26,27)/t19-,20+/m0/s1. The molecule has 0 radical (unpaired) electrons. The van der Waals surface area contributed by atoms with Crippen molar-refractivity contribution in [2.24, 2.45) is 5.92 Å². The van der Waals surface area contributed by atoms with E-state index in [2.05, 4.69) is 16.7 Å². The van der Waals surface area contributed by atoms with E-state index in [1.165, 1.54) is 5.56 Å². The van der Waals surface area contributed by atoms with Crippen LogP contribution in [-0.4, -0.2) is 43.7 Å². The van der Waals surface area contributed by atoms with Crippen molar-refractivity contribution in [1.29, 1.82) is 0 Å². The number of carbonyl (C=O) groups excluding carboxylic acids is 1. The second-order valence-corrected chi connectivity index (χ2v) is 8.64. The van der Waals surface area contributed by atoms with Gasteiger partial charge in [0.2, 0.25) is 5.92 Å². The van der Waals surface area contributed by atoms with Gasteiger partial charge < -0.3 is 15.4 Å². The third-order valence-corrected chi connectivity index (χ3v) is 6.43. The van der Waals surface area contributed by atoms with Gasteiger partial charge in [-0.25, -0.2) is 8.78 Å². The molecular weight excluding hydrogens is 362 g/mol. The molecule has 0 bridgehead atoms. The molecule has 2 aliphatic carbocycles. The molecule has 3 aliphatic rings. The molecule has 2 saturated carbocycles. The lowest BCUT2D eigenvalue weighted by molar-refractivity contribution is -0.0399. The summed E-state index contributed by atoms with van der Waals surface area (Å²) in [5.41, 5.74) is 1.82. The van der Waals surface area contributed by atoms with Gasteiger partial charge in [-0.2, -0.15) is 0 Å². The maximum Gasteiger partial charge on any atom is 0.251 e. The van der Waals surface area contributed by atoms with Crippen LogP contribution in [0.4, 0.5) is 8.78 Å². The zero-order valence-corrected chi connectivity index (χ0v) is 16.3. The summed E-state index contributed by atoms with van der Waals surface area (Å²) in [6, 6.07) is 8.12. The first kappa shape index (κ1) is 19.8. The average molecular weight is 392 g/mol. The molecule has 3 fully saturated rings. The van der Waals surface area contributed by atoms with Crippen molar-refractivity contribution >= 4 is 5.91 Å². The Bertz CT molecular complexity index is 681. The van der Waals surface area contributed by atoms with Crippen molar-refractivity contribution in [1.82, 2.24) is 10.6 Å². The lowest BCUT2D eigenvalue weighted by Crippen LogP contribution is -2.40. The predicted octanol–water partition coefficient (Wildman–Crippen LogP) is 3.87. The van der Waals surface area contributed by atoms with Gasteiger partial charge in [0.1, 0.15) is 0 Å². The molecule has 1 aromatic carbocycles. The third-order valence-electron chi connectivity index (χ3n) is 6.43. The second-order valence-electron chi connectivity index (χ2n) is 8.64. The molecule has 2 atom stereocenters. The highest BCUT2D eigenvalue weighted by atomic mass is 19.3. The summed E-state index contributed by atoms with van der Waals surface area (Å²) in [4.78, 5) is 12.6. The number of nitrogens with one attached hydrogen (secondary N) is 2. The van der Waals surface area contributed by atoms with Crippen LogP contribution in [0.2, 0.25) is 0 Å². The Hall–Kier alpha value is -1.53. The number of carbonyl (C=O) groups is 1. The van der Waals surface area contributed by atoms with Gasteiger partial charge in [-0.1, -0.05) is 12.1 Å². The molecule has 28 heavy (non-hydrogen) atoms. The number of hydrogen-bond acceptors (Lipinski definition) is 3. The molecule has 2 N–H and O–H groups in total. The molecule has 0 unspecified atom stereocenters. The fourth-order valence-corrected chi connectivity index (χ4v) is 4.42. The van der Waals surface area contributed by atoms with E-state index in [4.69, 9.17) is 4.74 Å². The Morgan fingerprint density at radius 1 is 1.14 bits per heavy atom. The molecule has 0 aromatic heterocycles. The van der Waals surface area contributed by atoms with Crippen LogP contribution in [0.15, 0.2) is 24.3 Å². The lowest BCUT2D eigenvalue weighted by atomic mass is 9.92. The molecule has 1 amide bonds. The van der Waals surface area contributed by atoms with Crippen molar-refractivity contribution in [3.8, 4) is 0 Å². The Balaban J connectivity index is 1.27. The van der Waals surface area contributed by atoms with Crippen molar-refractivity contribution in [2.75, 3.05) is 19.8 Å². The largest absolute Gasteiger partial charge is 0.381 e. The molecule has 1 aromatic rings. The van der Waals surface area contributed by atoms with Crippen LogP contribution in [-0.2, 0) is 4.74 Å². The average Bonchev–Trinajstić information content (AvgIpc) is 3.49. The number of hydrogen-bond donors (Lipinski definition) is 2. The van der Waals surface area contributed by atoms with Gasteiger partial charge in [-0.3, -0.25) is 4.79 Å². The quantitative estimate of drug-likeness (QED) is 0.773. The number of alkyl halides is 2. The summed E-state index contributed by atoms with van der Waals surface area (Å²) in [6.45, 7) is 2.78. The Labute approximate surface area is 165 Å². The Kier molecular flexibility index (Phi) is 5.97. The molecule has 6 heteroatoms. The van der Waals surface area contributed by atoms with Crippen molar-refractivity contribution in [3.63, 3.8) is 0 Å². The van der Waals surface area contributed by atoms with Gasteiger partial charge in [0.25, 0.3) is 5.91 Å². The van der Waals surface area contributed by atoms with Gasteiger partial charge in [-0.05, 0) is 62.3 Å². The van der Waals surface area contributed by atoms with E-state index in [0.29, 0.717) is 36.3 Å². The molecule has 154 valence electrons. The number of rotatable bonds is 6. The molecule has 1 aliphatic heterocycles. The monoisotopic (exact) mass is 392 g/mol. The lowest BCUT2D eigenvalue weighted by Gasteiger charge is -2.28. The normalized spacial score (nSPS) is 28.1. The van der Waals surface area contributed by atoms with E-state index in [-0.39, 0.29) is 24.8 Å². The molecular formula is C22H30F2N2O2. The predicted molar refractivity (Wildman–Crippen MR) is 104 cm³/mol. The van der Waals surface area contributed by atoms with Crippen LogP contribution < -0.4 is 10.6 Å². The van der Waals surface area contributed by atoms with Gasteiger partial charge in [0.15, 0.2) is 0 Å². The highest BCUT2D eigenvalue weighted by Gasteiger charge is 2.39. The fraction of sp³-hybridized carbons (Fsp3) is 0.682. The smallest absolute Gasteiger partial charge is 0.251 e. The van der Waals surface area contributed by atoms with Crippen LogP contribution in [0.5, 0.6) is 0 Å². The zero-order valence-electron chi connectivity index (χ0n) is 16.3. The van der Waals surface area contributed by atoms with Gasteiger partial charge in [0.05, 0.1) is 0 Å². The van der Waals surface area contributed by atoms with E-state index in [9.17, 15) is 13.6 Å². The van der Waals surface area contributed by atoms with Crippen molar-refractivity contribution < 1.29 is 18.3 Å². The first-order valence-electron chi connectivity index (χ1n) is 10.6. The summed E-state index contributed by atoms with van der Waals surface area (Å²) >= 11 is 0. The minimum Gasteiger partial charge on any atom is -0.381 e. The second kappa shape index (κ2) is 8.46. The minimum absolute atomic E-state index is 0.138. The number of amides is 1. The van der Waals surface area contributed by atoms with Gasteiger partial charge >= 0.3 is 0 Å². The van der Waals surface area contributed by atoms with E-state index in [0.717, 1.165) is 39.0 Å². The van der Waals surface area contributed by atoms with Crippen LogP contribution in [0.1, 0.15) is 66.8 Å². The molecule has 4 nitrogen and oxygen atoms in total. The SMILES string of the molecule is O=C(NC1CCC(F)(F)CC1)c1cccc([C@@H]2C[C@H]2NCC2CCOCC2)c1. The summed E-state index contributed by atoms with van der Waals surface area (Å²) in [5.74, 6) is -1.56. The molecule has 1 heterocycles. The maximum atomic E-state index is 13.3. The highest BCUT2D eigenvalue weighted by molar-refractivity contribution is 5.94. The summed E-state index contributed by atoms with van der Waals surface area (Å²) in [7, 11) is 0. The molecule has 1 saturated heterocycles. The first-order chi connectivity index (χ1) is 13.5. The Morgan fingerprint density at radius 3 is 2.64 bits per heavy atom. The van der Waals surface area contributed by atoms with Crippen LogP contribution >= 0.6 is 0 Å².